The molecule has 0 radical (unpaired) electrons. The number of hydrogen-bond acceptors (Lipinski definition) is 5. The summed E-state index contributed by atoms with van der Waals surface area (Å²) in [6, 6.07) is 16.9. The van der Waals surface area contributed by atoms with Gasteiger partial charge in [0.2, 0.25) is 5.91 Å². The highest BCUT2D eigenvalue weighted by Crippen LogP contribution is 2.23. The van der Waals surface area contributed by atoms with Crippen LogP contribution >= 0.6 is 34.7 Å². The number of aryl methyl sites for hydroxylation is 1. The van der Waals surface area contributed by atoms with Crippen molar-refractivity contribution in [3.63, 3.8) is 0 Å². The fourth-order valence-electron chi connectivity index (χ4n) is 2.98. The Hall–Kier alpha value is -2.61. The van der Waals surface area contributed by atoms with E-state index in [0.717, 1.165) is 11.1 Å². The molecule has 0 unspecified atom stereocenters. The Kier molecular flexibility index (Phi) is 6.22. The van der Waals surface area contributed by atoms with E-state index in [2.05, 4.69) is 10.3 Å². The van der Waals surface area contributed by atoms with Crippen LogP contribution in [-0.4, -0.2) is 21.2 Å². The van der Waals surface area contributed by atoms with Crippen LogP contribution in [0.1, 0.15) is 11.1 Å². The molecule has 1 N–H and O–H groups in total. The highest BCUT2D eigenvalue weighted by atomic mass is 35.5. The van der Waals surface area contributed by atoms with Crippen molar-refractivity contribution in [1.29, 1.82) is 0 Å². The summed E-state index contributed by atoms with van der Waals surface area (Å²) in [5.74, 6) is -0.0562. The van der Waals surface area contributed by atoms with Gasteiger partial charge in [-0.25, -0.2) is 4.98 Å². The number of aromatic nitrogens is 2. The minimum atomic E-state index is -0.184. The molecule has 0 atom stereocenters. The molecule has 0 aliphatic heterocycles. The van der Waals surface area contributed by atoms with Gasteiger partial charge in [-0.3, -0.25) is 14.2 Å². The molecule has 0 aliphatic carbocycles. The largest absolute Gasteiger partial charge is 0.325 e. The number of benzene rings is 2. The molecule has 0 spiro atoms. The van der Waals surface area contributed by atoms with E-state index in [-0.39, 0.29) is 17.2 Å². The summed E-state index contributed by atoms with van der Waals surface area (Å²) in [6.07, 6.45) is 0. The van der Waals surface area contributed by atoms with Gasteiger partial charge >= 0.3 is 0 Å². The second kappa shape index (κ2) is 9.04. The van der Waals surface area contributed by atoms with Crippen LogP contribution in [0.4, 0.5) is 5.69 Å². The minimum Gasteiger partial charge on any atom is -0.325 e. The number of nitrogens with zero attached hydrogens (tertiary/aromatic N) is 2. The summed E-state index contributed by atoms with van der Waals surface area (Å²) < 4.78 is 2.26. The fourth-order valence-corrected chi connectivity index (χ4v) is 4.73. The van der Waals surface area contributed by atoms with Crippen molar-refractivity contribution in [3.05, 3.63) is 86.5 Å². The molecule has 30 heavy (non-hydrogen) atoms. The monoisotopic (exact) mass is 455 g/mol. The van der Waals surface area contributed by atoms with Gasteiger partial charge < -0.3 is 5.32 Å². The molecule has 0 aliphatic rings. The maximum Gasteiger partial charge on any atom is 0.272 e. The van der Waals surface area contributed by atoms with E-state index >= 15 is 0 Å². The lowest BCUT2D eigenvalue weighted by Gasteiger charge is -2.13. The average Bonchev–Trinajstić information content (AvgIpc) is 3.21. The van der Waals surface area contributed by atoms with E-state index in [4.69, 9.17) is 11.6 Å². The van der Waals surface area contributed by atoms with Crippen molar-refractivity contribution < 1.29 is 4.79 Å². The third kappa shape index (κ3) is 4.59. The van der Waals surface area contributed by atoms with Gasteiger partial charge in [-0.2, -0.15) is 0 Å². The van der Waals surface area contributed by atoms with Crippen LogP contribution in [0.25, 0.3) is 10.2 Å². The normalized spacial score (nSPS) is 11.0. The Balaban J connectivity index is 1.58. The molecule has 5 nitrogen and oxygen atoms in total. The first-order valence-corrected chi connectivity index (χ1v) is 11.5. The van der Waals surface area contributed by atoms with E-state index in [1.165, 1.54) is 23.1 Å². The molecule has 0 saturated carbocycles. The van der Waals surface area contributed by atoms with Crippen molar-refractivity contribution in [2.24, 2.45) is 0 Å². The number of thioether (sulfide) groups is 1. The predicted molar refractivity (Wildman–Crippen MR) is 125 cm³/mol. The van der Waals surface area contributed by atoms with Crippen LogP contribution in [0.5, 0.6) is 0 Å². The van der Waals surface area contributed by atoms with E-state index in [1.54, 1.807) is 16.7 Å². The Bertz CT molecular complexity index is 1270. The molecule has 0 fully saturated rings. The third-order valence-electron chi connectivity index (χ3n) is 4.52. The number of anilines is 1. The van der Waals surface area contributed by atoms with Gasteiger partial charge in [0.25, 0.3) is 5.56 Å². The highest BCUT2D eigenvalue weighted by Gasteiger charge is 2.15. The quantitative estimate of drug-likeness (QED) is 0.320. The summed E-state index contributed by atoms with van der Waals surface area (Å²) in [4.78, 5) is 30.2. The number of carbonyl (C=O) groups excluding carboxylic acids is 1. The third-order valence-corrected chi connectivity index (χ3v) is 6.62. The molecule has 1 amide bonds. The number of nitrogens with one attached hydrogen (secondary N) is 1. The van der Waals surface area contributed by atoms with Crippen LogP contribution in [0.2, 0.25) is 5.02 Å². The number of fused-ring (bicyclic) bond motifs is 1. The van der Waals surface area contributed by atoms with Gasteiger partial charge in [0.15, 0.2) is 5.16 Å². The second-order valence-electron chi connectivity index (χ2n) is 6.70. The first kappa shape index (κ1) is 20.7. The molecule has 8 heteroatoms. The zero-order valence-corrected chi connectivity index (χ0v) is 18.5. The molecule has 4 rings (SSSR count). The fraction of sp³-hybridized carbons (Fsp3) is 0.136. The first-order valence-electron chi connectivity index (χ1n) is 9.22. The van der Waals surface area contributed by atoms with Crippen molar-refractivity contribution >= 4 is 56.5 Å². The van der Waals surface area contributed by atoms with Crippen LogP contribution in [0.15, 0.2) is 69.9 Å². The van der Waals surface area contributed by atoms with Gasteiger partial charge in [0.05, 0.1) is 17.8 Å². The number of rotatable bonds is 6. The van der Waals surface area contributed by atoms with Crippen LogP contribution in [0.3, 0.4) is 0 Å². The molecule has 0 bridgehead atoms. The topological polar surface area (TPSA) is 64.0 Å². The van der Waals surface area contributed by atoms with E-state index in [0.29, 0.717) is 32.6 Å². The Morgan fingerprint density at radius 2 is 2.00 bits per heavy atom. The predicted octanol–water partition coefficient (Wildman–Crippen LogP) is 5.20. The summed E-state index contributed by atoms with van der Waals surface area (Å²) in [5.41, 5.74) is 3.17. The Morgan fingerprint density at radius 1 is 1.20 bits per heavy atom. The van der Waals surface area contributed by atoms with Gasteiger partial charge in [-0.1, -0.05) is 59.8 Å². The molecular weight excluding hydrogens is 438 g/mol. The van der Waals surface area contributed by atoms with Crippen molar-refractivity contribution in [1.82, 2.24) is 9.55 Å². The molecule has 0 saturated heterocycles. The maximum absolute atomic E-state index is 13.0. The van der Waals surface area contributed by atoms with Crippen molar-refractivity contribution in [2.45, 2.75) is 18.6 Å². The molecule has 152 valence electrons. The lowest BCUT2D eigenvalue weighted by atomic mass is 10.2. The summed E-state index contributed by atoms with van der Waals surface area (Å²) >= 11 is 8.66. The number of halogens is 1. The van der Waals surface area contributed by atoms with E-state index in [9.17, 15) is 9.59 Å². The van der Waals surface area contributed by atoms with Gasteiger partial charge in [-0.05, 0) is 41.6 Å². The van der Waals surface area contributed by atoms with Crippen molar-refractivity contribution in [2.75, 3.05) is 11.1 Å². The van der Waals surface area contributed by atoms with E-state index in [1.807, 2.05) is 54.8 Å². The summed E-state index contributed by atoms with van der Waals surface area (Å²) in [6.45, 7) is 2.31. The maximum atomic E-state index is 13.0. The number of thiophene rings is 1. The lowest BCUT2D eigenvalue weighted by Crippen LogP contribution is -2.24. The molecule has 2 aromatic heterocycles. The molecule has 2 aromatic carbocycles. The van der Waals surface area contributed by atoms with Crippen LogP contribution in [0, 0.1) is 6.92 Å². The number of hydrogen-bond donors (Lipinski definition) is 1. The lowest BCUT2D eigenvalue weighted by molar-refractivity contribution is -0.113. The smallest absolute Gasteiger partial charge is 0.272 e. The minimum absolute atomic E-state index is 0.0903. The van der Waals surface area contributed by atoms with Gasteiger partial charge in [0.1, 0.15) is 4.70 Å². The molecular formula is C22H18ClN3O2S2. The summed E-state index contributed by atoms with van der Waals surface area (Å²) in [7, 11) is 0. The van der Waals surface area contributed by atoms with Gasteiger partial charge in [0, 0.05) is 10.7 Å². The van der Waals surface area contributed by atoms with E-state index < -0.39 is 0 Å². The standard InChI is InChI=1S/C22H18ClN3O2S2/c1-14-7-8-16(23)11-18(14)24-19(27)13-30-22-25-17-9-10-29-20(17)21(28)26(22)12-15-5-3-2-4-6-15/h2-11H,12-13H2,1H3,(H,24,27). The van der Waals surface area contributed by atoms with Crippen LogP contribution < -0.4 is 10.9 Å². The van der Waals surface area contributed by atoms with Crippen LogP contribution in [-0.2, 0) is 11.3 Å². The average molecular weight is 456 g/mol. The highest BCUT2D eigenvalue weighted by molar-refractivity contribution is 7.99. The number of carbonyl (C=O) groups is 1. The second-order valence-corrected chi connectivity index (χ2v) is 9.00. The SMILES string of the molecule is Cc1ccc(Cl)cc1NC(=O)CSc1nc2ccsc2c(=O)n1Cc1ccccc1. The Labute approximate surface area is 186 Å². The zero-order valence-electron chi connectivity index (χ0n) is 16.1. The molecule has 4 aromatic rings. The number of amides is 1. The summed E-state index contributed by atoms with van der Waals surface area (Å²) in [5, 5.41) is 5.82. The Morgan fingerprint density at radius 3 is 2.80 bits per heavy atom. The van der Waals surface area contributed by atoms with Crippen molar-refractivity contribution in [3.8, 4) is 0 Å². The first-order chi connectivity index (χ1) is 14.5. The van der Waals surface area contributed by atoms with Gasteiger partial charge in [-0.15, -0.1) is 11.3 Å². The molecule has 2 heterocycles. The zero-order chi connectivity index (χ0) is 21.1.